The number of para-hydroxylation sites is 1. The van der Waals surface area contributed by atoms with E-state index in [-0.39, 0.29) is 0 Å². The van der Waals surface area contributed by atoms with Crippen LogP contribution in [0.5, 0.6) is 5.75 Å². The van der Waals surface area contributed by atoms with E-state index in [9.17, 15) is 0 Å². The minimum atomic E-state index is 0.514. The number of rotatable bonds is 3. The summed E-state index contributed by atoms with van der Waals surface area (Å²) in [5.41, 5.74) is 2.22. The molecule has 2 aromatic rings. The fraction of sp³-hybridized carbons (Fsp3) is 0.250. The molecule has 0 unspecified atom stereocenters. The molecule has 0 saturated carbocycles. The lowest BCUT2D eigenvalue weighted by molar-refractivity contribution is 0.317. The van der Waals surface area contributed by atoms with E-state index in [1.165, 1.54) is 0 Å². The number of nitrogens with one attached hydrogen (secondary N) is 1. The second-order valence-electron chi connectivity index (χ2n) is 3.49. The number of benzene rings is 1. The van der Waals surface area contributed by atoms with Crippen LogP contribution in [0.25, 0.3) is 10.9 Å². The van der Waals surface area contributed by atoms with Crippen LogP contribution in [0.4, 0.5) is 0 Å². The van der Waals surface area contributed by atoms with Crippen LogP contribution in [0, 0.1) is 0 Å². The third-order valence-corrected chi connectivity index (χ3v) is 2.46. The maximum Gasteiger partial charge on any atom is 0.154 e. The number of fused-ring (bicyclic) bond motifs is 1. The van der Waals surface area contributed by atoms with Crippen LogP contribution >= 0.6 is 0 Å². The molecule has 0 fully saturated rings. The number of hydrogen-bond donors (Lipinski definition) is 2. The van der Waals surface area contributed by atoms with Gasteiger partial charge in [-0.3, -0.25) is 0 Å². The van der Waals surface area contributed by atoms with Crippen LogP contribution in [-0.2, 0) is 0 Å². The van der Waals surface area contributed by atoms with Gasteiger partial charge in [0.25, 0.3) is 0 Å². The van der Waals surface area contributed by atoms with Gasteiger partial charge in [-0.1, -0.05) is 17.3 Å². The van der Waals surface area contributed by atoms with Crippen molar-refractivity contribution in [3.63, 3.8) is 0 Å². The van der Waals surface area contributed by atoms with Gasteiger partial charge in [-0.25, -0.2) is 0 Å². The average Bonchev–Trinajstić information content (AvgIpc) is 2.68. The summed E-state index contributed by atoms with van der Waals surface area (Å²) in [5, 5.41) is 13.0. The average molecular weight is 218 g/mol. The molecule has 0 aliphatic rings. The molecular formula is C12H14N2O2. The van der Waals surface area contributed by atoms with Crippen LogP contribution in [0.3, 0.4) is 0 Å². The van der Waals surface area contributed by atoms with Gasteiger partial charge in [0.2, 0.25) is 0 Å². The quantitative estimate of drug-likeness (QED) is 0.473. The van der Waals surface area contributed by atoms with Crippen molar-refractivity contribution in [2.75, 3.05) is 6.61 Å². The lowest BCUT2D eigenvalue weighted by Gasteiger charge is -2.03. The van der Waals surface area contributed by atoms with Gasteiger partial charge < -0.3 is 14.9 Å². The highest BCUT2D eigenvalue weighted by Crippen LogP contribution is 2.30. The molecule has 84 valence electrons. The van der Waals surface area contributed by atoms with Gasteiger partial charge in [0.15, 0.2) is 5.75 Å². The molecule has 2 rings (SSSR count). The van der Waals surface area contributed by atoms with Gasteiger partial charge in [0.1, 0.15) is 11.4 Å². The molecule has 4 heteroatoms. The van der Waals surface area contributed by atoms with Crippen LogP contribution in [0.1, 0.15) is 19.5 Å². The summed E-state index contributed by atoms with van der Waals surface area (Å²) in [7, 11) is 0. The molecule has 4 nitrogen and oxygen atoms in total. The van der Waals surface area contributed by atoms with Crippen molar-refractivity contribution in [3.05, 3.63) is 30.0 Å². The van der Waals surface area contributed by atoms with Gasteiger partial charge >= 0.3 is 0 Å². The van der Waals surface area contributed by atoms with E-state index in [1.54, 1.807) is 6.92 Å². The SMILES string of the molecule is CCOc1c(C(C)=NO)[nH]c2ccccc12. The summed E-state index contributed by atoms with van der Waals surface area (Å²) in [6.07, 6.45) is 0. The summed E-state index contributed by atoms with van der Waals surface area (Å²) in [4.78, 5) is 3.18. The smallest absolute Gasteiger partial charge is 0.154 e. The zero-order valence-corrected chi connectivity index (χ0v) is 9.32. The van der Waals surface area contributed by atoms with Crippen molar-refractivity contribution in [2.24, 2.45) is 5.16 Å². The molecule has 2 N–H and O–H groups in total. The minimum Gasteiger partial charge on any atom is -0.491 e. The number of oxime groups is 1. The molecule has 0 saturated heterocycles. The van der Waals surface area contributed by atoms with E-state index < -0.39 is 0 Å². The molecule has 0 spiro atoms. The maximum atomic E-state index is 8.82. The zero-order valence-electron chi connectivity index (χ0n) is 9.32. The Morgan fingerprint density at radius 2 is 2.19 bits per heavy atom. The van der Waals surface area contributed by atoms with Crippen molar-refractivity contribution < 1.29 is 9.94 Å². The molecule has 1 aromatic heterocycles. The topological polar surface area (TPSA) is 57.6 Å². The highest BCUT2D eigenvalue weighted by atomic mass is 16.5. The number of aromatic amines is 1. The van der Waals surface area contributed by atoms with Crippen LogP contribution in [0.15, 0.2) is 29.4 Å². The Hall–Kier alpha value is -1.97. The molecular weight excluding hydrogens is 204 g/mol. The van der Waals surface area contributed by atoms with E-state index in [0.29, 0.717) is 12.3 Å². The fourth-order valence-electron chi connectivity index (χ4n) is 1.72. The van der Waals surface area contributed by atoms with E-state index in [2.05, 4.69) is 10.1 Å². The van der Waals surface area contributed by atoms with Gasteiger partial charge in [-0.05, 0) is 26.0 Å². The predicted octanol–water partition coefficient (Wildman–Crippen LogP) is 2.76. The second kappa shape index (κ2) is 4.26. The minimum absolute atomic E-state index is 0.514. The summed E-state index contributed by atoms with van der Waals surface area (Å²) in [6, 6.07) is 7.84. The molecule has 0 bridgehead atoms. The van der Waals surface area contributed by atoms with Crippen molar-refractivity contribution in [1.29, 1.82) is 0 Å². The lowest BCUT2D eigenvalue weighted by atomic mass is 10.2. The van der Waals surface area contributed by atoms with Gasteiger partial charge in [-0.15, -0.1) is 0 Å². The molecule has 0 aliphatic carbocycles. The first-order valence-electron chi connectivity index (χ1n) is 5.20. The third-order valence-electron chi connectivity index (χ3n) is 2.46. The fourth-order valence-corrected chi connectivity index (χ4v) is 1.72. The van der Waals surface area contributed by atoms with E-state index >= 15 is 0 Å². The molecule has 0 radical (unpaired) electrons. The third kappa shape index (κ3) is 1.62. The molecule has 0 amide bonds. The normalized spacial score (nSPS) is 12.0. The van der Waals surface area contributed by atoms with E-state index in [0.717, 1.165) is 22.3 Å². The maximum absolute atomic E-state index is 8.82. The number of hydrogen-bond acceptors (Lipinski definition) is 3. The molecule has 0 aliphatic heterocycles. The van der Waals surface area contributed by atoms with Crippen molar-refractivity contribution in [3.8, 4) is 5.75 Å². The first-order valence-corrected chi connectivity index (χ1v) is 5.20. The van der Waals surface area contributed by atoms with Gasteiger partial charge in [0.05, 0.1) is 6.61 Å². The van der Waals surface area contributed by atoms with E-state index in [1.807, 2.05) is 31.2 Å². The summed E-state index contributed by atoms with van der Waals surface area (Å²) >= 11 is 0. The number of aromatic nitrogens is 1. The molecule has 0 atom stereocenters. The van der Waals surface area contributed by atoms with Gasteiger partial charge in [-0.2, -0.15) is 0 Å². The van der Waals surface area contributed by atoms with Crippen molar-refractivity contribution in [1.82, 2.24) is 4.98 Å². The summed E-state index contributed by atoms with van der Waals surface area (Å²) in [6.45, 7) is 4.23. The number of ether oxygens (including phenoxy) is 1. The van der Waals surface area contributed by atoms with Crippen molar-refractivity contribution >= 4 is 16.6 Å². The van der Waals surface area contributed by atoms with Gasteiger partial charge in [0, 0.05) is 10.9 Å². The molecule has 1 aromatic carbocycles. The van der Waals surface area contributed by atoms with Crippen molar-refractivity contribution in [2.45, 2.75) is 13.8 Å². The standard InChI is InChI=1S/C12H14N2O2/c1-3-16-12-9-6-4-5-7-10(9)13-11(12)8(2)14-15/h4-7,13,15H,3H2,1-2H3. The summed E-state index contributed by atoms with van der Waals surface area (Å²) in [5.74, 6) is 0.744. The summed E-state index contributed by atoms with van der Waals surface area (Å²) < 4.78 is 5.59. The predicted molar refractivity (Wildman–Crippen MR) is 63.5 cm³/mol. The Morgan fingerprint density at radius 3 is 2.88 bits per heavy atom. The Kier molecular flexibility index (Phi) is 2.81. The Labute approximate surface area is 93.5 Å². The second-order valence-corrected chi connectivity index (χ2v) is 3.49. The number of H-pyrrole nitrogens is 1. The number of nitrogens with zero attached hydrogens (tertiary/aromatic N) is 1. The Balaban J connectivity index is 2.67. The largest absolute Gasteiger partial charge is 0.491 e. The van der Waals surface area contributed by atoms with Crippen LogP contribution in [-0.4, -0.2) is 22.5 Å². The zero-order chi connectivity index (χ0) is 11.5. The Morgan fingerprint density at radius 1 is 1.44 bits per heavy atom. The first kappa shape index (κ1) is 10.5. The van der Waals surface area contributed by atoms with Crippen LogP contribution in [0.2, 0.25) is 0 Å². The monoisotopic (exact) mass is 218 g/mol. The first-order chi connectivity index (χ1) is 7.77. The molecule has 1 heterocycles. The lowest BCUT2D eigenvalue weighted by Crippen LogP contribution is -2.00. The Bertz CT molecular complexity index is 529. The van der Waals surface area contributed by atoms with Crippen LogP contribution < -0.4 is 4.74 Å². The highest BCUT2D eigenvalue weighted by Gasteiger charge is 2.14. The highest BCUT2D eigenvalue weighted by molar-refractivity contribution is 6.05. The molecule has 16 heavy (non-hydrogen) atoms. The van der Waals surface area contributed by atoms with E-state index in [4.69, 9.17) is 9.94 Å².